The highest BCUT2D eigenvalue weighted by atomic mass is 32.2. The molecule has 4 nitrogen and oxygen atoms in total. The highest BCUT2D eigenvalue weighted by Gasteiger charge is 2.22. The number of nitrogens with zero attached hydrogens (tertiary/aromatic N) is 1. The number of furan rings is 1. The molecule has 0 N–H and O–H groups in total. The van der Waals surface area contributed by atoms with Gasteiger partial charge in [-0.15, -0.1) is 0 Å². The third-order valence-corrected chi connectivity index (χ3v) is 4.83. The first-order chi connectivity index (χ1) is 9.53. The minimum absolute atomic E-state index is 0.179. The minimum Gasteiger partial charge on any atom is -0.472 e. The van der Waals surface area contributed by atoms with Crippen molar-refractivity contribution in [1.82, 2.24) is 4.31 Å². The van der Waals surface area contributed by atoms with Crippen LogP contribution in [0.2, 0.25) is 0 Å². The van der Waals surface area contributed by atoms with Crippen molar-refractivity contribution in [3.8, 4) is 0 Å². The Bertz CT molecular complexity index is 653. The fraction of sp³-hybridized carbons (Fsp3) is 0.286. The number of benzene rings is 1. The molecule has 0 amide bonds. The van der Waals surface area contributed by atoms with E-state index in [1.54, 1.807) is 19.1 Å². The highest BCUT2D eigenvalue weighted by molar-refractivity contribution is 7.88. The molecule has 0 fully saturated rings. The molecule has 0 atom stereocenters. The molecule has 2 aromatic rings. The summed E-state index contributed by atoms with van der Waals surface area (Å²) in [5.74, 6) is -0.846. The summed E-state index contributed by atoms with van der Waals surface area (Å²) in [5, 5.41) is 0. The number of sulfonamides is 1. The van der Waals surface area contributed by atoms with Crippen LogP contribution in [0.5, 0.6) is 0 Å². The molecule has 0 unspecified atom stereocenters. The second-order valence-corrected chi connectivity index (χ2v) is 6.37. The summed E-state index contributed by atoms with van der Waals surface area (Å²) in [7, 11) is -3.57. The monoisotopic (exact) mass is 297 g/mol. The number of halogens is 1. The Morgan fingerprint density at radius 1 is 1.25 bits per heavy atom. The van der Waals surface area contributed by atoms with Crippen LogP contribution >= 0.6 is 0 Å². The number of rotatable bonds is 6. The van der Waals surface area contributed by atoms with Gasteiger partial charge in [-0.3, -0.25) is 0 Å². The molecule has 0 saturated heterocycles. The highest BCUT2D eigenvalue weighted by Crippen LogP contribution is 2.16. The molecular weight excluding hydrogens is 281 g/mol. The van der Waals surface area contributed by atoms with E-state index in [4.69, 9.17) is 4.42 Å². The predicted octanol–water partition coefficient (Wildman–Crippen LogP) is 2.77. The topological polar surface area (TPSA) is 50.5 Å². The molecule has 20 heavy (non-hydrogen) atoms. The van der Waals surface area contributed by atoms with Crippen LogP contribution in [-0.2, 0) is 22.3 Å². The Morgan fingerprint density at radius 3 is 2.60 bits per heavy atom. The Balaban J connectivity index is 2.17. The van der Waals surface area contributed by atoms with Crippen LogP contribution in [0.1, 0.15) is 18.1 Å². The summed E-state index contributed by atoms with van der Waals surface area (Å²) in [6.45, 7) is 2.30. The van der Waals surface area contributed by atoms with Crippen LogP contribution < -0.4 is 0 Å². The quantitative estimate of drug-likeness (QED) is 0.824. The summed E-state index contributed by atoms with van der Waals surface area (Å²) < 4.78 is 44.5. The van der Waals surface area contributed by atoms with Crippen molar-refractivity contribution in [2.75, 3.05) is 6.54 Å². The average molecular weight is 297 g/mol. The zero-order chi connectivity index (χ0) is 14.6. The van der Waals surface area contributed by atoms with E-state index >= 15 is 0 Å². The van der Waals surface area contributed by atoms with E-state index in [1.807, 2.05) is 0 Å². The van der Waals surface area contributed by atoms with Gasteiger partial charge in [-0.2, -0.15) is 4.31 Å². The van der Waals surface area contributed by atoms with Crippen molar-refractivity contribution in [3.63, 3.8) is 0 Å². The zero-order valence-electron chi connectivity index (χ0n) is 11.1. The third kappa shape index (κ3) is 3.46. The molecule has 108 valence electrons. The zero-order valence-corrected chi connectivity index (χ0v) is 11.9. The van der Waals surface area contributed by atoms with Crippen LogP contribution in [-0.4, -0.2) is 19.3 Å². The lowest BCUT2D eigenvalue weighted by Crippen LogP contribution is -2.31. The van der Waals surface area contributed by atoms with E-state index in [9.17, 15) is 12.8 Å². The Kier molecular flexibility index (Phi) is 4.57. The third-order valence-electron chi connectivity index (χ3n) is 2.98. The van der Waals surface area contributed by atoms with Gasteiger partial charge in [0.05, 0.1) is 18.3 Å². The largest absolute Gasteiger partial charge is 0.472 e. The van der Waals surface area contributed by atoms with Crippen molar-refractivity contribution >= 4 is 10.0 Å². The second-order valence-electron chi connectivity index (χ2n) is 4.41. The maximum absolute atomic E-state index is 13.6. The van der Waals surface area contributed by atoms with Crippen LogP contribution in [0.4, 0.5) is 4.39 Å². The van der Waals surface area contributed by atoms with Gasteiger partial charge in [0.15, 0.2) is 0 Å². The molecule has 0 aliphatic heterocycles. The molecule has 0 radical (unpaired) electrons. The van der Waals surface area contributed by atoms with Crippen molar-refractivity contribution in [3.05, 3.63) is 59.8 Å². The lowest BCUT2D eigenvalue weighted by Gasteiger charge is -2.19. The van der Waals surface area contributed by atoms with Gasteiger partial charge in [0.2, 0.25) is 10.0 Å². The molecule has 0 bridgehead atoms. The summed E-state index contributed by atoms with van der Waals surface area (Å²) in [4.78, 5) is 0. The first-order valence-corrected chi connectivity index (χ1v) is 7.86. The van der Waals surface area contributed by atoms with Crippen LogP contribution in [0.3, 0.4) is 0 Å². The van der Waals surface area contributed by atoms with E-state index in [-0.39, 0.29) is 17.9 Å². The van der Waals surface area contributed by atoms with Gasteiger partial charge in [0, 0.05) is 24.2 Å². The fourth-order valence-corrected chi connectivity index (χ4v) is 3.45. The predicted molar refractivity (Wildman–Crippen MR) is 73.8 cm³/mol. The molecule has 0 aliphatic rings. The van der Waals surface area contributed by atoms with Gasteiger partial charge in [0.25, 0.3) is 0 Å². The van der Waals surface area contributed by atoms with Crippen molar-refractivity contribution in [2.24, 2.45) is 0 Å². The number of hydrogen-bond acceptors (Lipinski definition) is 3. The SMILES string of the molecule is CCN(Cc1ccoc1)S(=O)(=O)Cc1ccccc1F. The van der Waals surface area contributed by atoms with Gasteiger partial charge >= 0.3 is 0 Å². The first-order valence-electron chi connectivity index (χ1n) is 6.25. The van der Waals surface area contributed by atoms with Crippen LogP contribution in [0.25, 0.3) is 0 Å². The standard InChI is InChI=1S/C14H16FNO3S/c1-2-16(9-12-7-8-19-10-12)20(17,18)11-13-5-3-4-6-14(13)15/h3-8,10H,2,9,11H2,1H3. The Morgan fingerprint density at radius 2 is 2.00 bits per heavy atom. The molecule has 1 heterocycles. The van der Waals surface area contributed by atoms with Gasteiger partial charge in [0.1, 0.15) is 5.82 Å². The van der Waals surface area contributed by atoms with E-state index in [0.717, 1.165) is 5.56 Å². The summed E-state index contributed by atoms with van der Waals surface area (Å²) in [5.41, 5.74) is 0.946. The van der Waals surface area contributed by atoms with Gasteiger partial charge in [-0.1, -0.05) is 25.1 Å². The molecule has 2 rings (SSSR count). The minimum atomic E-state index is -3.57. The lowest BCUT2D eigenvalue weighted by atomic mass is 10.2. The fourth-order valence-electron chi connectivity index (χ4n) is 1.90. The van der Waals surface area contributed by atoms with Crippen molar-refractivity contribution in [1.29, 1.82) is 0 Å². The molecule has 6 heteroatoms. The molecule has 0 spiro atoms. The normalized spacial score (nSPS) is 11.9. The van der Waals surface area contributed by atoms with Crippen molar-refractivity contribution < 1.29 is 17.2 Å². The van der Waals surface area contributed by atoms with Gasteiger partial charge in [-0.25, -0.2) is 12.8 Å². The Labute approximate surface area is 117 Å². The first kappa shape index (κ1) is 14.7. The van der Waals surface area contributed by atoms with Gasteiger partial charge < -0.3 is 4.42 Å². The lowest BCUT2D eigenvalue weighted by molar-refractivity contribution is 0.419. The smallest absolute Gasteiger partial charge is 0.218 e. The van der Waals surface area contributed by atoms with E-state index in [0.29, 0.717) is 6.54 Å². The molecule has 0 saturated carbocycles. The molecule has 1 aromatic carbocycles. The average Bonchev–Trinajstić information content (AvgIpc) is 2.91. The summed E-state index contributed by atoms with van der Waals surface area (Å²) >= 11 is 0. The van der Waals surface area contributed by atoms with Crippen LogP contribution in [0.15, 0.2) is 47.3 Å². The summed E-state index contributed by atoms with van der Waals surface area (Å²) in [6.07, 6.45) is 2.99. The van der Waals surface area contributed by atoms with E-state index in [1.165, 1.54) is 35.0 Å². The number of hydrogen-bond donors (Lipinski definition) is 0. The van der Waals surface area contributed by atoms with Crippen LogP contribution in [0, 0.1) is 5.82 Å². The van der Waals surface area contributed by atoms with Crippen molar-refractivity contribution in [2.45, 2.75) is 19.2 Å². The second kappa shape index (κ2) is 6.19. The molecule has 1 aromatic heterocycles. The maximum atomic E-state index is 13.6. The molecule has 0 aliphatic carbocycles. The summed E-state index contributed by atoms with van der Waals surface area (Å²) in [6, 6.07) is 7.62. The van der Waals surface area contributed by atoms with E-state index < -0.39 is 15.8 Å². The maximum Gasteiger partial charge on any atom is 0.218 e. The van der Waals surface area contributed by atoms with E-state index in [2.05, 4.69) is 0 Å². The van der Waals surface area contributed by atoms with Gasteiger partial charge in [-0.05, 0) is 12.1 Å². The molecular formula is C14H16FNO3S. The Hall–Kier alpha value is -1.66.